The minimum absolute atomic E-state index is 0.119. The summed E-state index contributed by atoms with van der Waals surface area (Å²) in [6.45, 7) is 4.16. The number of oxazole rings is 1. The fourth-order valence-corrected chi connectivity index (χ4v) is 6.02. The van der Waals surface area contributed by atoms with Gasteiger partial charge in [0.2, 0.25) is 5.91 Å². The summed E-state index contributed by atoms with van der Waals surface area (Å²) in [6.07, 6.45) is 5.48. The maximum atomic E-state index is 11.9. The molecule has 0 radical (unpaired) electrons. The van der Waals surface area contributed by atoms with Crippen molar-refractivity contribution in [3.05, 3.63) is 54.4 Å². The van der Waals surface area contributed by atoms with Crippen molar-refractivity contribution in [2.75, 3.05) is 30.7 Å². The molecule has 2 fully saturated rings. The number of hydrogen-bond acceptors (Lipinski definition) is 9. The molecule has 40 heavy (non-hydrogen) atoms. The molecule has 0 spiro atoms. The third-order valence-electron chi connectivity index (χ3n) is 8.07. The van der Waals surface area contributed by atoms with Gasteiger partial charge in [0.1, 0.15) is 23.4 Å². The summed E-state index contributed by atoms with van der Waals surface area (Å²) in [4.78, 5) is 27.6. The van der Waals surface area contributed by atoms with Crippen molar-refractivity contribution in [3.8, 4) is 11.3 Å². The molecule has 0 atom stereocenters. The number of piperazine rings is 1. The van der Waals surface area contributed by atoms with E-state index in [1.807, 2.05) is 54.1 Å². The molecule has 1 saturated heterocycles. The van der Waals surface area contributed by atoms with Crippen LogP contribution in [0.15, 0.2) is 53.2 Å². The van der Waals surface area contributed by atoms with Gasteiger partial charge < -0.3 is 20.8 Å². The number of nitrogen functional groups attached to an aromatic ring is 1. The van der Waals surface area contributed by atoms with E-state index in [4.69, 9.17) is 15.2 Å². The highest BCUT2D eigenvalue weighted by atomic mass is 16.4. The Bertz CT molecular complexity index is 1700. The first kappa shape index (κ1) is 24.5. The van der Waals surface area contributed by atoms with Gasteiger partial charge in [0.05, 0.1) is 18.0 Å². The molecule has 1 saturated carbocycles. The highest BCUT2D eigenvalue weighted by molar-refractivity contribution is 5.98. The van der Waals surface area contributed by atoms with Crippen LogP contribution < -0.4 is 16.4 Å². The van der Waals surface area contributed by atoms with Gasteiger partial charge in [0.25, 0.3) is 6.01 Å². The number of nitrogens with one attached hydrogen (secondary N) is 2. The normalized spacial score (nSPS) is 20.2. The van der Waals surface area contributed by atoms with Gasteiger partial charge in [-0.1, -0.05) is 18.2 Å². The van der Waals surface area contributed by atoms with Crippen LogP contribution in [0.2, 0.25) is 0 Å². The van der Waals surface area contributed by atoms with Crippen molar-refractivity contribution in [2.24, 2.45) is 0 Å². The van der Waals surface area contributed by atoms with Crippen LogP contribution in [-0.4, -0.2) is 61.2 Å². The number of aryl methyl sites for hydroxylation is 1. The van der Waals surface area contributed by atoms with Crippen LogP contribution in [0.4, 0.5) is 17.5 Å². The van der Waals surface area contributed by atoms with Crippen LogP contribution in [0.25, 0.3) is 33.4 Å². The Morgan fingerprint density at radius 2 is 1.85 bits per heavy atom. The first-order chi connectivity index (χ1) is 19.5. The number of nitrogens with zero attached hydrogens (tertiary/aromatic N) is 6. The lowest BCUT2D eigenvalue weighted by molar-refractivity contribution is -0.125. The van der Waals surface area contributed by atoms with Crippen molar-refractivity contribution in [2.45, 2.75) is 44.7 Å². The zero-order chi connectivity index (χ0) is 27.2. The second-order valence-electron chi connectivity index (χ2n) is 10.7. The van der Waals surface area contributed by atoms with Gasteiger partial charge in [-0.15, -0.1) is 0 Å². The van der Waals surface area contributed by atoms with Gasteiger partial charge in [0, 0.05) is 30.4 Å². The lowest BCUT2D eigenvalue weighted by Gasteiger charge is -2.38. The third-order valence-corrected chi connectivity index (χ3v) is 8.07. The second-order valence-corrected chi connectivity index (χ2v) is 10.7. The van der Waals surface area contributed by atoms with Crippen LogP contribution in [0.1, 0.15) is 37.3 Å². The van der Waals surface area contributed by atoms with E-state index in [9.17, 15) is 4.79 Å². The first-order valence-electron chi connectivity index (χ1n) is 13.8. The molecule has 2 aliphatic rings. The summed E-state index contributed by atoms with van der Waals surface area (Å²) >= 11 is 0. The highest BCUT2D eigenvalue weighted by Crippen LogP contribution is 2.37. The van der Waals surface area contributed by atoms with Gasteiger partial charge in [-0.3, -0.25) is 9.69 Å². The van der Waals surface area contributed by atoms with E-state index in [-0.39, 0.29) is 11.9 Å². The monoisotopic (exact) mass is 537 g/mol. The number of fused-ring (bicyclic) bond motifs is 2. The van der Waals surface area contributed by atoms with Crippen LogP contribution in [0, 0.1) is 6.92 Å². The number of hydrogen-bond donors (Lipinski definition) is 3. The lowest BCUT2D eigenvalue weighted by atomic mass is 9.90. The van der Waals surface area contributed by atoms with E-state index in [2.05, 4.69) is 30.5 Å². The maximum absolute atomic E-state index is 11.9. The van der Waals surface area contributed by atoms with Gasteiger partial charge in [-0.2, -0.15) is 10.1 Å². The molecule has 4 N–H and O–H groups in total. The molecular weight excluding hydrogens is 506 g/mol. The predicted molar refractivity (Wildman–Crippen MR) is 153 cm³/mol. The minimum atomic E-state index is 0.119. The van der Waals surface area contributed by atoms with Gasteiger partial charge >= 0.3 is 0 Å². The number of rotatable bonds is 5. The predicted octanol–water partition coefficient (Wildman–Crippen LogP) is 4.18. The Hall–Kier alpha value is -4.51. The number of anilines is 3. The summed E-state index contributed by atoms with van der Waals surface area (Å²) in [5.74, 6) is 0.539. The van der Waals surface area contributed by atoms with Crippen LogP contribution >= 0.6 is 0 Å². The van der Waals surface area contributed by atoms with Crippen molar-refractivity contribution >= 4 is 45.6 Å². The number of aromatic nitrogens is 5. The average molecular weight is 538 g/mol. The maximum Gasteiger partial charge on any atom is 0.300 e. The summed E-state index contributed by atoms with van der Waals surface area (Å²) in [6, 6.07) is 15.0. The number of amides is 1. The largest absolute Gasteiger partial charge is 0.423 e. The fraction of sp³-hybridized carbons (Fsp3) is 0.345. The number of carbonyl (C=O) groups excluding carboxylic acids is 1. The SMILES string of the molecule is Cc1ccc2oc(Nc3ccc(-c4nn([C@H]5CC[C@@H](N6CCNC(=O)C6)CC5)c5ncnc(N)c45)cc3)nc2c1. The number of benzene rings is 2. The fourth-order valence-electron chi connectivity index (χ4n) is 6.02. The highest BCUT2D eigenvalue weighted by Gasteiger charge is 2.31. The van der Waals surface area contributed by atoms with Crippen molar-refractivity contribution < 1.29 is 9.21 Å². The van der Waals surface area contributed by atoms with Crippen molar-refractivity contribution in [1.29, 1.82) is 0 Å². The quantitative estimate of drug-likeness (QED) is 0.301. The zero-order valence-corrected chi connectivity index (χ0v) is 22.3. The molecule has 0 unspecified atom stereocenters. The Morgan fingerprint density at radius 3 is 2.65 bits per heavy atom. The Morgan fingerprint density at radius 1 is 1.05 bits per heavy atom. The zero-order valence-electron chi connectivity index (χ0n) is 22.3. The first-order valence-corrected chi connectivity index (χ1v) is 13.8. The average Bonchev–Trinajstić information content (AvgIpc) is 3.55. The van der Waals surface area contributed by atoms with E-state index < -0.39 is 0 Å². The summed E-state index contributed by atoms with van der Waals surface area (Å²) < 4.78 is 7.88. The molecule has 7 rings (SSSR count). The molecule has 204 valence electrons. The standard InChI is InChI=1S/C29H31N9O2/c1-17-2-11-23-22(14-17)35-29(40-23)34-19-5-3-18(4-6-19)26-25-27(30)32-16-33-28(25)38(36-26)21-9-7-20(8-10-21)37-13-12-31-24(39)15-37/h2-6,11,14,16,20-21H,7-10,12-13,15H2,1H3,(H,31,39)(H,34,35)(H2,30,32,33)/t20-,21+. The molecule has 11 heteroatoms. The molecule has 2 aromatic carbocycles. The lowest BCUT2D eigenvalue weighted by Crippen LogP contribution is -2.52. The van der Waals surface area contributed by atoms with Gasteiger partial charge in [-0.25, -0.2) is 14.6 Å². The summed E-state index contributed by atoms with van der Waals surface area (Å²) in [5, 5.41) is 12.0. The number of nitrogens with two attached hydrogens (primary N) is 1. The van der Waals surface area contributed by atoms with E-state index in [1.54, 1.807) is 0 Å². The molecule has 11 nitrogen and oxygen atoms in total. The van der Waals surface area contributed by atoms with Crippen molar-refractivity contribution in [3.63, 3.8) is 0 Å². The van der Waals surface area contributed by atoms with Gasteiger partial charge in [0.15, 0.2) is 11.2 Å². The topological polar surface area (TPSA) is 140 Å². The van der Waals surface area contributed by atoms with Crippen LogP contribution in [0.5, 0.6) is 0 Å². The van der Waals surface area contributed by atoms with E-state index in [0.29, 0.717) is 24.4 Å². The van der Waals surface area contributed by atoms with E-state index in [1.165, 1.54) is 6.33 Å². The van der Waals surface area contributed by atoms with Crippen LogP contribution in [-0.2, 0) is 4.79 Å². The van der Waals surface area contributed by atoms with E-state index >= 15 is 0 Å². The summed E-state index contributed by atoms with van der Waals surface area (Å²) in [5.41, 5.74) is 12.4. The minimum Gasteiger partial charge on any atom is -0.423 e. The molecule has 3 aromatic heterocycles. The Labute approximate surface area is 230 Å². The van der Waals surface area contributed by atoms with Crippen LogP contribution in [0.3, 0.4) is 0 Å². The third kappa shape index (κ3) is 4.51. The van der Waals surface area contributed by atoms with E-state index in [0.717, 1.165) is 83.4 Å². The molecule has 1 amide bonds. The number of carbonyl (C=O) groups is 1. The molecule has 4 heterocycles. The Kier molecular flexibility index (Phi) is 6.07. The Balaban J connectivity index is 1.13. The van der Waals surface area contributed by atoms with Gasteiger partial charge in [-0.05, 0) is 62.4 Å². The molecule has 1 aliphatic heterocycles. The molecule has 0 bridgehead atoms. The second kappa shape index (κ2) is 9.91. The molecule has 1 aliphatic carbocycles. The summed E-state index contributed by atoms with van der Waals surface area (Å²) in [7, 11) is 0. The molecule has 5 aromatic rings. The molecular formula is C29H31N9O2. The van der Waals surface area contributed by atoms with Crippen molar-refractivity contribution in [1.82, 2.24) is 34.9 Å². The smallest absolute Gasteiger partial charge is 0.300 e.